The summed E-state index contributed by atoms with van der Waals surface area (Å²) in [5.41, 5.74) is 1.67. The van der Waals surface area contributed by atoms with Crippen molar-refractivity contribution in [2.75, 3.05) is 0 Å². The van der Waals surface area contributed by atoms with Crippen molar-refractivity contribution < 1.29 is 19.4 Å². The van der Waals surface area contributed by atoms with E-state index in [4.69, 9.17) is 9.84 Å². The lowest BCUT2D eigenvalue weighted by Gasteiger charge is -2.13. The summed E-state index contributed by atoms with van der Waals surface area (Å²) >= 11 is 0. The molecule has 5 nitrogen and oxygen atoms in total. The molecule has 1 N–H and O–H groups in total. The van der Waals surface area contributed by atoms with Crippen LogP contribution in [0.1, 0.15) is 34.0 Å². The summed E-state index contributed by atoms with van der Waals surface area (Å²) in [6.45, 7) is 1.59. The SMILES string of the molecule is CC(=O)c1cc(CC(=O)O)c(OCc2ccccc2)cc1C#N. The third-order valence-corrected chi connectivity index (χ3v) is 3.28. The molecule has 0 amide bonds. The number of Topliss-reactive ketones (excluding diaryl/α,β-unsaturated/α-hetero) is 1. The van der Waals surface area contributed by atoms with Gasteiger partial charge in [0.2, 0.25) is 0 Å². The number of rotatable bonds is 6. The molecule has 0 aliphatic heterocycles. The smallest absolute Gasteiger partial charge is 0.307 e. The Hall–Kier alpha value is -3.13. The predicted octanol–water partition coefficient (Wildman–Crippen LogP) is 2.97. The molecule has 0 bridgehead atoms. The maximum atomic E-state index is 11.6. The van der Waals surface area contributed by atoms with Gasteiger partial charge in [-0.2, -0.15) is 5.26 Å². The molecule has 0 fully saturated rings. The number of carbonyl (C=O) groups is 2. The van der Waals surface area contributed by atoms with E-state index in [-0.39, 0.29) is 29.9 Å². The van der Waals surface area contributed by atoms with Crippen LogP contribution in [-0.2, 0) is 17.8 Å². The Balaban J connectivity index is 2.37. The molecule has 0 aliphatic carbocycles. The fraction of sp³-hybridized carbons (Fsp3) is 0.167. The number of carboxylic acids is 1. The second-order valence-corrected chi connectivity index (χ2v) is 5.02. The first-order valence-corrected chi connectivity index (χ1v) is 6.97. The standard InChI is InChI=1S/C18H15NO4/c1-12(20)16-7-14(9-18(21)22)17(8-15(16)10-19)23-11-13-5-3-2-4-6-13/h2-8H,9,11H2,1H3,(H,21,22). The Morgan fingerprint density at radius 1 is 1.22 bits per heavy atom. The molecule has 0 saturated carbocycles. The van der Waals surface area contributed by atoms with Crippen LogP contribution in [0.4, 0.5) is 0 Å². The number of carbonyl (C=O) groups excluding carboxylic acids is 1. The summed E-state index contributed by atoms with van der Waals surface area (Å²) in [7, 11) is 0. The van der Waals surface area contributed by atoms with E-state index < -0.39 is 5.97 Å². The fourth-order valence-electron chi connectivity index (χ4n) is 2.18. The van der Waals surface area contributed by atoms with Crippen LogP contribution < -0.4 is 4.74 Å². The van der Waals surface area contributed by atoms with Crippen molar-refractivity contribution >= 4 is 11.8 Å². The van der Waals surface area contributed by atoms with Crippen LogP contribution in [0.15, 0.2) is 42.5 Å². The van der Waals surface area contributed by atoms with Crippen molar-refractivity contribution in [3.05, 3.63) is 64.7 Å². The topological polar surface area (TPSA) is 87.4 Å². The number of nitrogens with zero attached hydrogens (tertiary/aromatic N) is 1. The molecule has 0 radical (unpaired) electrons. The first kappa shape index (κ1) is 16.2. The zero-order chi connectivity index (χ0) is 16.8. The van der Waals surface area contributed by atoms with Crippen molar-refractivity contribution in [2.45, 2.75) is 20.0 Å². The Morgan fingerprint density at radius 2 is 1.91 bits per heavy atom. The normalized spacial score (nSPS) is 9.91. The highest BCUT2D eigenvalue weighted by Crippen LogP contribution is 2.26. The third kappa shape index (κ3) is 4.17. The average molecular weight is 309 g/mol. The Morgan fingerprint density at radius 3 is 2.48 bits per heavy atom. The van der Waals surface area contributed by atoms with E-state index in [1.807, 2.05) is 36.4 Å². The number of hydrogen-bond donors (Lipinski definition) is 1. The lowest BCUT2D eigenvalue weighted by molar-refractivity contribution is -0.136. The summed E-state index contributed by atoms with van der Waals surface area (Å²) in [6, 6.07) is 14.2. The van der Waals surface area contributed by atoms with Gasteiger partial charge in [-0.25, -0.2) is 0 Å². The molecule has 0 heterocycles. The van der Waals surface area contributed by atoms with E-state index in [1.165, 1.54) is 19.1 Å². The second-order valence-electron chi connectivity index (χ2n) is 5.02. The largest absolute Gasteiger partial charge is 0.489 e. The monoisotopic (exact) mass is 309 g/mol. The van der Waals surface area contributed by atoms with Gasteiger partial charge in [-0.1, -0.05) is 30.3 Å². The maximum absolute atomic E-state index is 11.6. The molecule has 2 aromatic rings. The lowest BCUT2D eigenvalue weighted by atomic mass is 9.99. The van der Waals surface area contributed by atoms with Gasteiger partial charge in [0.1, 0.15) is 18.4 Å². The number of ether oxygens (including phenoxy) is 1. The van der Waals surface area contributed by atoms with Crippen molar-refractivity contribution in [2.24, 2.45) is 0 Å². The van der Waals surface area contributed by atoms with Crippen molar-refractivity contribution in [3.8, 4) is 11.8 Å². The van der Waals surface area contributed by atoms with Gasteiger partial charge in [0.15, 0.2) is 5.78 Å². The number of benzene rings is 2. The minimum absolute atomic E-state index is 0.176. The Kier molecular flexibility index (Phi) is 5.11. The molecule has 5 heteroatoms. The molecule has 0 atom stereocenters. The van der Waals surface area contributed by atoms with Crippen LogP contribution >= 0.6 is 0 Å². The first-order valence-electron chi connectivity index (χ1n) is 6.97. The maximum Gasteiger partial charge on any atom is 0.307 e. The summed E-state index contributed by atoms with van der Waals surface area (Å²) in [5, 5.41) is 18.2. The molecule has 2 aromatic carbocycles. The fourth-order valence-corrected chi connectivity index (χ4v) is 2.18. The van der Waals surface area contributed by atoms with Crippen LogP contribution in [0.5, 0.6) is 5.75 Å². The molecular formula is C18H15NO4. The summed E-state index contributed by atoms with van der Waals surface area (Å²) < 4.78 is 5.68. The first-order chi connectivity index (χ1) is 11.0. The van der Waals surface area contributed by atoms with E-state index in [9.17, 15) is 14.9 Å². The molecular weight excluding hydrogens is 294 g/mol. The van der Waals surface area contributed by atoms with Crippen LogP contribution in [-0.4, -0.2) is 16.9 Å². The molecule has 2 rings (SSSR count). The van der Waals surface area contributed by atoms with Crippen LogP contribution in [0, 0.1) is 11.3 Å². The highest BCUT2D eigenvalue weighted by molar-refractivity contribution is 5.97. The number of carboxylic acid groups (broad SMARTS) is 1. The Labute approximate surface area is 133 Å². The molecule has 0 saturated heterocycles. The van der Waals surface area contributed by atoms with Crippen LogP contribution in [0.3, 0.4) is 0 Å². The molecule has 0 aromatic heterocycles. The minimum atomic E-state index is -1.03. The second kappa shape index (κ2) is 7.23. The summed E-state index contributed by atoms with van der Waals surface area (Å²) in [6.07, 6.45) is -0.282. The molecule has 23 heavy (non-hydrogen) atoms. The van der Waals surface area contributed by atoms with Gasteiger partial charge < -0.3 is 9.84 Å². The quantitative estimate of drug-likeness (QED) is 0.829. The van der Waals surface area contributed by atoms with E-state index in [2.05, 4.69) is 0 Å². The zero-order valence-electron chi connectivity index (χ0n) is 12.6. The van der Waals surface area contributed by atoms with E-state index in [0.717, 1.165) is 5.56 Å². The number of nitriles is 1. The van der Waals surface area contributed by atoms with Gasteiger partial charge in [0, 0.05) is 11.1 Å². The van der Waals surface area contributed by atoms with Gasteiger partial charge in [0.05, 0.1) is 12.0 Å². The van der Waals surface area contributed by atoms with Crippen molar-refractivity contribution in [1.29, 1.82) is 5.26 Å². The lowest BCUT2D eigenvalue weighted by Crippen LogP contribution is -2.07. The van der Waals surface area contributed by atoms with E-state index >= 15 is 0 Å². The number of ketones is 1. The minimum Gasteiger partial charge on any atom is -0.489 e. The van der Waals surface area contributed by atoms with Gasteiger partial charge >= 0.3 is 5.97 Å². The summed E-state index contributed by atoms with van der Waals surface area (Å²) in [4.78, 5) is 22.6. The highest BCUT2D eigenvalue weighted by Gasteiger charge is 2.16. The van der Waals surface area contributed by atoms with Crippen molar-refractivity contribution in [1.82, 2.24) is 0 Å². The molecule has 0 spiro atoms. The average Bonchev–Trinajstić information content (AvgIpc) is 2.53. The van der Waals surface area contributed by atoms with Crippen LogP contribution in [0.25, 0.3) is 0 Å². The van der Waals surface area contributed by atoms with Gasteiger partial charge in [-0.05, 0) is 24.6 Å². The van der Waals surface area contributed by atoms with Crippen LogP contribution in [0.2, 0.25) is 0 Å². The highest BCUT2D eigenvalue weighted by atomic mass is 16.5. The predicted molar refractivity (Wildman–Crippen MR) is 83.3 cm³/mol. The molecule has 0 aliphatic rings. The van der Waals surface area contributed by atoms with Gasteiger partial charge in [0.25, 0.3) is 0 Å². The number of hydrogen-bond acceptors (Lipinski definition) is 4. The van der Waals surface area contributed by atoms with Crippen molar-refractivity contribution in [3.63, 3.8) is 0 Å². The Bertz CT molecular complexity index is 776. The summed E-state index contributed by atoms with van der Waals surface area (Å²) in [5.74, 6) is -1.02. The van der Waals surface area contributed by atoms with Gasteiger partial charge in [-0.15, -0.1) is 0 Å². The molecule has 0 unspecified atom stereocenters. The number of aliphatic carboxylic acids is 1. The third-order valence-electron chi connectivity index (χ3n) is 3.28. The van der Waals surface area contributed by atoms with E-state index in [0.29, 0.717) is 11.3 Å². The zero-order valence-corrected chi connectivity index (χ0v) is 12.6. The van der Waals surface area contributed by atoms with Gasteiger partial charge in [-0.3, -0.25) is 9.59 Å². The van der Waals surface area contributed by atoms with E-state index in [1.54, 1.807) is 0 Å². The molecule has 116 valence electrons.